The van der Waals surface area contributed by atoms with Gasteiger partial charge in [-0.1, -0.05) is 0 Å². The van der Waals surface area contributed by atoms with Crippen LogP contribution in [0.1, 0.15) is 11.3 Å². The molecule has 0 aliphatic rings. The smallest absolute Gasteiger partial charge is 0.144 e. The zero-order chi connectivity index (χ0) is 11.0. The number of halogens is 1. The standard InChI is InChI=1S/C10H7BrN4/c1-5-2-3-6-8(14-5)7(4-12)10(13)15-9(6)11/h2-3H,1H3,(H2,13,15). The highest BCUT2D eigenvalue weighted by Crippen LogP contribution is 2.26. The van der Waals surface area contributed by atoms with Crippen molar-refractivity contribution in [1.82, 2.24) is 9.97 Å². The second kappa shape index (κ2) is 3.48. The van der Waals surface area contributed by atoms with Crippen molar-refractivity contribution in [2.24, 2.45) is 0 Å². The fourth-order valence-electron chi connectivity index (χ4n) is 1.37. The van der Waals surface area contributed by atoms with Crippen LogP contribution in [0.25, 0.3) is 10.9 Å². The fourth-order valence-corrected chi connectivity index (χ4v) is 1.88. The number of nitrogen functional groups attached to an aromatic ring is 1. The molecule has 2 heterocycles. The van der Waals surface area contributed by atoms with Crippen LogP contribution in [-0.4, -0.2) is 9.97 Å². The van der Waals surface area contributed by atoms with E-state index in [0.29, 0.717) is 15.7 Å². The lowest BCUT2D eigenvalue weighted by Crippen LogP contribution is -1.99. The summed E-state index contributed by atoms with van der Waals surface area (Å²) in [5.74, 6) is 0.204. The molecule has 2 aromatic heterocycles. The normalized spacial score (nSPS) is 10.2. The molecule has 0 spiro atoms. The number of hydrogen-bond donors (Lipinski definition) is 1. The predicted molar refractivity (Wildman–Crippen MR) is 61.1 cm³/mol. The molecule has 0 aliphatic carbocycles. The number of nitrogens with zero attached hydrogens (tertiary/aromatic N) is 3. The molecule has 5 heteroatoms. The van der Waals surface area contributed by atoms with Gasteiger partial charge in [-0.25, -0.2) is 4.98 Å². The van der Waals surface area contributed by atoms with Gasteiger partial charge in [0.1, 0.15) is 22.1 Å². The van der Waals surface area contributed by atoms with Gasteiger partial charge in [0, 0.05) is 11.1 Å². The number of aryl methyl sites for hydroxylation is 1. The molecule has 2 rings (SSSR count). The Balaban J connectivity index is 3.00. The molecule has 0 bridgehead atoms. The van der Waals surface area contributed by atoms with Gasteiger partial charge in [-0.2, -0.15) is 5.26 Å². The van der Waals surface area contributed by atoms with Gasteiger partial charge in [-0.3, -0.25) is 4.98 Å². The Hall–Kier alpha value is -1.67. The Bertz CT molecular complexity index is 586. The van der Waals surface area contributed by atoms with Gasteiger partial charge in [-0.05, 0) is 35.0 Å². The van der Waals surface area contributed by atoms with Crippen LogP contribution in [0.4, 0.5) is 5.82 Å². The minimum absolute atomic E-state index is 0.204. The molecule has 2 N–H and O–H groups in total. The lowest BCUT2D eigenvalue weighted by Gasteiger charge is -2.04. The molecule has 2 aromatic rings. The van der Waals surface area contributed by atoms with E-state index >= 15 is 0 Å². The van der Waals surface area contributed by atoms with E-state index < -0.39 is 0 Å². The molecule has 0 unspecified atom stereocenters. The zero-order valence-corrected chi connectivity index (χ0v) is 9.54. The summed E-state index contributed by atoms with van der Waals surface area (Å²) < 4.78 is 0.613. The summed E-state index contributed by atoms with van der Waals surface area (Å²) in [6.45, 7) is 1.87. The van der Waals surface area contributed by atoms with Crippen molar-refractivity contribution in [3.63, 3.8) is 0 Å². The average molecular weight is 263 g/mol. The van der Waals surface area contributed by atoms with Crippen LogP contribution in [0, 0.1) is 18.3 Å². The van der Waals surface area contributed by atoms with E-state index in [1.54, 1.807) is 0 Å². The Morgan fingerprint density at radius 1 is 1.40 bits per heavy atom. The van der Waals surface area contributed by atoms with Crippen LogP contribution in [0.3, 0.4) is 0 Å². The van der Waals surface area contributed by atoms with E-state index in [-0.39, 0.29) is 5.82 Å². The summed E-state index contributed by atoms with van der Waals surface area (Å²) in [7, 11) is 0. The third-order valence-electron chi connectivity index (χ3n) is 2.08. The Labute approximate surface area is 94.9 Å². The van der Waals surface area contributed by atoms with E-state index in [1.165, 1.54) is 0 Å². The van der Waals surface area contributed by atoms with Crippen LogP contribution >= 0.6 is 15.9 Å². The molecule has 0 amide bonds. The molecule has 0 saturated heterocycles. The minimum atomic E-state index is 0.204. The fraction of sp³-hybridized carbons (Fsp3) is 0.100. The zero-order valence-electron chi connectivity index (χ0n) is 7.95. The maximum Gasteiger partial charge on any atom is 0.144 e. The van der Waals surface area contributed by atoms with Gasteiger partial charge >= 0.3 is 0 Å². The minimum Gasteiger partial charge on any atom is -0.382 e. The van der Waals surface area contributed by atoms with Crippen molar-refractivity contribution in [2.75, 3.05) is 5.73 Å². The van der Waals surface area contributed by atoms with E-state index in [9.17, 15) is 0 Å². The molecule has 0 fully saturated rings. The topological polar surface area (TPSA) is 75.6 Å². The van der Waals surface area contributed by atoms with Crippen LogP contribution in [0.2, 0.25) is 0 Å². The first-order valence-corrected chi connectivity index (χ1v) is 5.05. The van der Waals surface area contributed by atoms with Gasteiger partial charge in [0.2, 0.25) is 0 Å². The van der Waals surface area contributed by atoms with Gasteiger partial charge in [-0.15, -0.1) is 0 Å². The predicted octanol–water partition coefficient (Wildman–Crippen LogP) is 2.15. The van der Waals surface area contributed by atoms with Gasteiger partial charge in [0.25, 0.3) is 0 Å². The molecular formula is C10H7BrN4. The molecule has 0 radical (unpaired) electrons. The average Bonchev–Trinajstić information content (AvgIpc) is 2.17. The largest absolute Gasteiger partial charge is 0.382 e. The first kappa shape index (κ1) is 9.87. The van der Waals surface area contributed by atoms with Crippen LogP contribution in [0.15, 0.2) is 16.7 Å². The molecule has 74 valence electrons. The molecule has 0 aliphatic heterocycles. The van der Waals surface area contributed by atoms with Gasteiger partial charge < -0.3 is 5.73 Å². The third-order valence-corrected chi connectivity index (χ3v) is 2.68. The van der Waals surface area contributed by atoms with Crippen molar-refractivity contribution in [3.8, 4) is 6.07 Å². The van der Waals surface area contributed by atoms with Gasteiger partial charge in [0.15, 0.2) is 0 Å². The molecule has 0 aromatic carbocycles. The second-order valence-corrected chi connectivity index (χ2v) is 3.87. The van der Waals surface area contributed by atoms with Crippen molar-refractivity contribution in [1.29, 1.82) is 5.26 Å². The maximum atomic E-state index is 8.97. The Kier molecular flexibility index (Phi) is 2.29. The number of fused-ring (bicyclic) bond motifs is 1. The SMILES string of the molecule is Cc1ccc2c(Br)nc(N)c(C#N)c2n1. The number of pyridine rings is 2. The summed E-state index contributed by atoms with van der Waals surface area (Å²) in [6, 6.07) is 5.76. The Morgan fingerprint density at radius 2 is 2.13 bits per heavy atom. The highest BCUT2D eigenvalue weighted by atomic mass is 79.9. The summed E-state index contributed by atoms with van der Waals surface area (Å²) in [5.41, 5.74) is 7.41. The highest BCUT2D eigenvalue weighted by Gasteiger charge is 2.11. The maximum absolute atomic E-state index is 8.97. The van der Waals surface area contributed by atoms with Crippen molar-refractivity contribution in [2.45, 2.75) is 6.92 Å². The number of nitriles is 1. The molecule has 0 atom stereocenters. The number of anilines is 1. The van der Waals surface area contributed by atoms with Crippen molar-refractivity contribution >= 4 is 32.7 Å². The molecule has 0 saturated carbocycles. The number of rotatable bonds is 0. The van der Waals surface area contributed by atoms with Gasteiger partial charge in [0.05, 0.1) is 5.52 Å². The van der Waals surface area contributed by atoms with Crippen LogP contribution in [0.5, 0.6) is 0 Å². The Morgan fingerprint density at radius 3 is 2.80 bits per heavy atom. The molecule has 4 nitrogen and oxygen atoms in total. The lowest BCUT2D eigenvalue weighted by atomic mass is 10.1. The van der Waals surface area contributed by atoms with Crippen LogP contribution < -0.4 is 5.73 Å². The van der Waals surface area contributed by atoms with E-state index in [2.05, 4.69) is 25.9 Å². The highest BCUT2D eigenvalue weighted by molar-refractivity contribution is 9.10. The monoisotopic (exact) mass is 262 g/mol. The van der Waals surface area contributed by atoms with E-state index in [1.807, 2.05) is 25.1 Å². The first-order chi connectivity index (χ1) is 7.13. The summed E-state index contributed by atoms with van der Waals surface area (Å²) in [5, 5.41) is 9.77. The molecular weight excluding hydrogens is 256 g/mol. The summed E-state index contributed by atoms with van der Waals surface area (Å²) in [6.07, 6.45) is 0. The quantitative estimate of drug-likeness (QED) is 0.739. The number of nitrogens with two attached hydrogens (primary N) is 1. The van der Waals surface area contributed by atoms with E-state index in [4.69, 9.17) is 11.0 Å². The lowest BCUT2D eigenvalue weighted by molar-refractivity contribution is 1.22. The van der Waals surface area contributed by atoms with Crippen molar-refractivity contribution < 1.29 is 0 Å². The molecule has 15 heavy (non-hydrogen) atoms. The van der Waals surface area contributed by atoms with Crippen molar-refractivity contribution in [3.05, 3.63) is 28.0 Å². The number of hydrogen-bond acceptors (Lipinski definition) is 4. The third kappa shape index (κ3) is 1.53. The second-order valence-electron chi connectivity index (χ2n) is 3.12. The number of aromatic nitrogens is 2. The summed E-state index contributed by atoms with van der Waals surface area (Å²) >= 11 is 3.30. The first-order valence-electron chi connectivity index (χ1n) is 4.26. The summed E-state index contributed by atoms with van der Waals surface area (Å²) in [4.78, 5) is 8.33. The van der Waals surface area contributed by atoms with E-state index in [0.717, 1.165) is 11.1 Å². The van der Waals surface area contributed by atoms with Crippen LogP contribution in [-0.2, 0) is 0 Å².